The average molecular weight is 150 g/mol. The van der Waals surface area contributed by atoms with Crippen LogP contribution in [0.25, 0.3) is 0 Å². The molecule has 0 N–H and O–H groups in total. The van der Waals surface area contributed by atoms with Crippen LogP contribution in [0.4, 0.5) is 4.39 Å². The molecular weight excluding hydrogens is 139 g/mol. The second kappa shape index (κ2) is 3.91. The monoisotopic (exact) mass is 150 g/mol. The summed E-state index contributed by atoms with van der Waals surface area (Å²) in [6, 6.07) is 9.86. The van der Waals surface area contributed by atoms with Crippen LogP contribution in [0.1, 0.15) is 12.5 Å². The third-order valence-corrected chi connectivity index (χ3v) is 1.51. The molecule has 0 radical (unpaired) electrons. The molecule has 0 aliphatic rings. The highest BCUT2D eigenvalue weighted by Crippen LogP contribution is 2.06. The average Bonchev–Trinajstić information content (AvgIpc) is 2.06. The molecular formula is C10H11F. The van der Waals surface area contributed by atoms with Crippen molar-refractivity contribution >= 4 is 0 Å². The Hall–Kier alpha value is -1.11. The van der Waals surface area contributed by atoms with E-state index in [0.717, 1.165) is 11.1 Å². The maximum Gasteiger partial charge on any atom is 0.0859 e. The zero-order chi connectivity index (χ0) is 8.10. The van der Waals surface area contributed by atoms with Crippen molar-refractivity contribution in [3.8, 4) is 0 Å². The van der Waals surface area contributed by atoms with Gasteiger partial charge in [-0.1, -0.05) is 30.3 Å². The highest BCUT2D eigenvalue weighted by molar-refractivity contribution is 5.19. The SMILES string of the molecule is CC(=CF)Cc1ccccc1. The molecule has 0 saturated carbocycles. The first kappa shape index (κ1) is 7.99. The van der Waals surface area contributed by atoms with E-state index in [9.17, 15) is 4.39 Å². The van der Waals surface area contributed by atoms with Crippen molar-refractivity contribution < 1.29 is 4.39 Å². The first-order valence-electron chi connectivity index (χ1n) is 3.62. The molecule has 0 fully saturated rings. The van der Waals surface area contributed by atoms with Crippen LogP contribution in [0, 0.1) is 0 Å². The Bertz CT molecular complexity index is 236. The summed E-state index contributed by atoms with van der Waals surface area (Å²) in [4.78, 5) is 0. The van der Waals surface area contributed by atoms with Gasteiger partial charge in [-0.2, -0.15) is 0 Å². The lowest BCUT2D eigenvalue weighted by Gasteiger charge is -1.97. The zero-order valence-electron chi connectivity index (χ0n) is 6.55. The van der Waals surface area contributed by atoms with Crippen LogP contribution in [-0.4, -0.2) is 0 Å². The highest BCUT2D eigenvalue weighted by atomic mass is 19.1. The van der Waals surface area contributed by atoms with Gasteiger partial charge >= 0.3 is 0 Å². The Morgan fingerprint density at radius 2 is 2.00 bits per heavy atom. The van der Waals surface area contributed by atoms with Gasteiger partial charge < -0.3 is 0 Å². The minimum atomic E-state index is 0.660. The van der Waals surface area contributed by atoms with Crippen molar-refractivity contribution in [2.45, 2.75) is 13.3 Å². The largest absolute Gasteiger partial charge is 0.216 e. The number of halogens is 1. The summed E-state index contributed by atoms with van der Waals surface area (Å²) in [5.41, 5.74) is 1.91. The fourth-order valence-corrected chi connectivity index (χ4v) is 0.956. The van der Waals surface area contributed by atoms with E-state index in [0.29, 0.717) is 12.8 Å². The van der Waals surface area contributed by atoms with Gasteiger partial charge in [0.1, 0.15) is 0 Å². The van der Waals surface area contributed by atoms with E-state index in [2.05, 4.69) is 0 Å². The maximum absolute atomic E-state index is 11.9. The second-order valence-electron chi connectivity index (χ2n) is 2.62. The van der Waals surface area contributed by atoms with Gasteiger partial charge in [0.2, 0.25) is 0 Å². The van der Waals surface area contributed by atoms with E-state index < -0.39 is 0 Å². The van der Waals surface area contributed by atoms with Crippen molar-refractivity contribution in [1.82, 2.24) is 0 Å². The lowest BCUT2D eigenvalue weighted by Crippen LogP contribution is -1.84. The Morgan fingerprint density at radius 1 is 1.36 bits per heavy atom. The fraction of sp³-hybridized carbons (Fsp3) is 0.200. The van der Waals surface area contributed by atoms with Crippen molar-refractivity contribution in [2.24, 2.45) is 0 Å². The molecule has 0 unspecified atom stereocenters. The van der Waals surface area contributed by atoms with Gasteiger partial charge in [0.25, 0.3) is 0 Å². The molecule has 0 nitrogen and oxygen atoms in total. The third-order valence-electron chi connectivity index (χ3n) is 1.51. The molecule has 1 heteroatoms. The predicted octanol–water partition coefficient (Wildman–Crippen LogP) is 3.10. The summed E-state index contributed by atoms with van der Waals surface area (Å²) in [6.07, 6.45) is 1.37. The molecule has 0 amide bonds. The van der Waals surface area contributed by atoms with Gasteiger partial charge in [-0.05, 0) is 24.5 Å². The van der Waals surface area contributed by atoms with Crippen LogP contribution >= 0.6 is 0 Å². The van der Waals surface area contributed by atoms with E-state index in [1.165, 1.54) is 0 Å². The van der Waals surface area contributed by atoms with Crippen LogP contribution in [0.5, 0.6) is 0 Å². The Kier molecular flexibility index (Phi) is 2.84. The summed E-state index contributed by atoms with van der Waals surface area (Å²) >= 11 is 0. The molecule has 58 valence electrons. The summed E-state index contributed by atoms with van der Waals surface area (Å²) in [7, 11) is 0. The van der Waals surface area contributed by atoms with Gasteiger partial charge in [-0.15, -0.1) is 0 Å². The topological polar surface area (TPSA) is 0 Å². The Labute approximate surface area is 66.4 Å². The first-order chi connectivity index (χ1) is 5.33. The molecule has 1 aromatic rings. The molecule has 0 heterocycles. The quantitative estimate of drug-likeness (QED) is 0.607. The van der Waals surface area contributed by atoms with E-state index in [-0.39, 0.29) is 0 Å². The lowest BCUT2D eigenvalue weighted by molar-refractivity contribution is 0.704. The first-order valence-corrected chi connectivity index (χ1v) is 3.62. The van der Waals surface area contributed by atoms with Gasteiger partial charge in [0.15, 0.2) is 0 Å². The van der Waals surface area contributed by atoms with Crippen LogP contribution < -0.4 is 0 Å². The van der Waals surface area contributed by atoms with Gasteiger partial charge in [-0.3, -0.25) is 0 Å². The van der Waals surface area contributed by atoms with Crippen molar-refractivity contribution in [1.29, 1.82) is 0 Å². The molecule has 0 atom stereocenters. The van der Waals surface area contributed by atoms with E-state index >= 15 is 0 Å². The smallest absolute Gasteiger partial charge is 0.0859 e. The van der Waals surface area contributed by atoms with Gasteiger partial charge in [0.05, 0.1) is 6.33 Å². The predicted molar refractivity (Wildman–Crippen MR) is 45.0 cm³/mol. The van der Waals surface area contributed by atoms with Gasteiger partial charge in [0, 0.05) is 0 Å². The molecule has 1 rings (SSSR count). The standard InChI is InChI=1S/C10H11F/c1-9(8-11)7-10-5-3-2-4-6-10/h2-6,8H,7H2,1H3. The van der Waals surface area contributed by atoms with Crippen LogP contribution in [0.2, 0.25) is 0 Å². The Morgan fingerprint density at radius 3 is 2.55 bits per heavy atom. The summed E-state index contributed by atoms with van der Waals surface area (Å²) in [5.74, 6) is 0. The van der Waals surface area contributed by atoms with Crippen molar-refractivity contribution in [3.63, 3.8) is 0 Å². The summed E-state index contributed by atoms with van der Waals surface area (Å²) in [5, 5.41) is 0. The van der Waals surface area contributed by atoms with Crippen LogP contribution in [0.3, 0.4) is 0 Å². The molecule has 0 aliphatic carbocycles. The second-order valence-corrected chi connectivity index (χ2v) is 2.62. The van der Waals surface area contributed by atoms with E-state index in [4.69, 9.17) is 0 Å². The lowest BCUT2D eigenvalue weighted by atomic mass is 10.1. The number of benzene rings is 1. The van der Waals surface area contributed by atoms with Crippen LogP contribution in [-0.2, 0) is 6.42 Å². The minimum absolute atomic E-state index is 0.660. The molecule has 0 bridgehead atoms. The fourth-order valence-electron chi connectivity index (χ4n) is 0.956. The molecule has 0 aliphatic heterocycles. The number of hydrogen-bond acceptors (Lipinski definition) is 0. The summed E-state index contributed by atoms with van der Waals surface area (Å²) in [6.45, 7) is 1.78. The normalized spacial score (nSPS) is 11.6. The highest BCUT2D eigenvalue weighted by Gasteiger charge is 1.91. The van der Waals surface area contributed by atoms with Gasteiger partial charge in [-0.25, -0.2) is 4.39 Å². The van der Waals surface area contributed by atoms with Crippen molar-refractivity contribution in [3.05, 3.63) is 47.8 Å². The zero-order valence-corrected chi connectivity index (χ0v) is 6.55. The summed E-state index contributed by atoms with van der Waals surface area (Å²) < 4.78 is 11.9. The molecule has 0 spiro atoms. The number of allylic oxidation sites excluding steroid dienone is 1. The number of hydrogen-bond donors (Lipinski definition) is 0. The van der Waals surface area contributed by atoms with Crippen molar-refractivity contribution in [2.75, 3.05) is 0 Å². The minimum Gasteiger partial charge on any atom is -0.216 e. The molecule has 11 heavy (non-hydrogen) atoms. The third kappa shape index (κ3) is 2.54. The molecule has 0 saturated heterocycles. The molecule has 1 aromatic carbocycles. The Balaban J connectivity index is 2.65. The van der Waals surface area contributed by atoms with Crippen LogP contribution in [0.15, 0.2) is 42.2 Å². The van der Waals surface area contributed by atoms with E-state index in [1.54, 1.807) is 6.92 Å². The van der Waals surface area contributed by atoms with E-state index in [1.807, 2.05) is 30.3 Å². The molecule has 0 aromatic heterocycles. The maximum atomic E-state index is 11.9. The number of rotatable bonds is 2.